The van der Waals surface area contributed by atoms with Crippen molar-refractivity contribution in [2.24, 2.45) is 0 Å². The fourth-order valence-electron chi connectivity index (χ4n) is 2.18. The van der Waals surface area contributed by atoms with Crippen LogP contribution >= 0.6 is 23.4 Å². The van der Waals surface area contributed by atoms with Gasteiger partial charge in [0.2, 0.25) is 5.88 Å². The fraction of sp³-hybridized carbons (Fsp3) is 0.667. The molecule has 1 aromatic heterocycles. The summed E-state index contributed by atoms with van der Waals surface area (Å²) in [6.45, 7) is 6.80. The van der Waals surface area contributed by atoms with Gasteiger partial charge in [-0.15, -0.1) is 0 Å². The van der Waals surface area contributed by atoms with E-state index in [2.05, 4.69) is 9.97 Å². The van der Waals surface area contributed by atoms with Gasteiger partial charge in [-0.1, -0.05) is 23.4 Å². The van der Waals surface area contributed by atoms with E-state index >= 15 is 0 Å². The molecule has 0 atom stereocenters. The van der Waals surface area contributed by atoms with E-state index < -0.39 is 5.60 Å². The van der Waals surface area contributed by atoms with E-state index in [1.54, 1.807) is 11.0 Å². The number of nitrogens with zero attached hydrogens (tertiary/aromatic N) is 3. The highest BCUT2D eigenvalue weighted by atomic mass is 35.5. The average molecular weight is 360 g/mol. The Balaban J connectivity index is 1.87. The molecule has 0 aromatic carbocycles. The molecule has 1 aliphatic rings. The molecule has 0 saturated carbocycles. The zero-order valence-corrected chi connectivity index (χ0v) is 15.4. The molecule has 1 amide bonds. The third-order valence-corrected chi connectivity index (χ3v) is 3.96. The second-order valence-electron chi connectivity index (χ2n) is 6.30. The molecular formula is C15H22ClN3O3S. The number of hydrogen-bond acceptors (Lipinski definition) is 6. The number of rotatable bonds is 3. The van der Waals surface area contributed by atoms with Gasteiger partial charge in [-0.05, 0) is 27.0 Å². The van der Waals surface area contributed by atoms with Crippen molar-refractivity contribution in [3.8, 4) is 5.88 Å². The summed E-state index contributed by atoms with van der Waals surface area (Å²) in [5.41, 5.74) is -0.476. The second-order valence-corrected chi connectivity index (χ2v) is 7.46. The SMILES string of the molecule is CSc1nc(Cl)cc(OC2CCN(C(=O)OC(C)(C)C)CC2)n1. The van der Waals surface area contributed by atoms with Crippen LogP contribution in [0.4, 0.5) is 4.79 Å². The lowest BCUT2D eigenvalue weighted by molar-refractivity contribution is 0.0122. The largest absolute Gasteiger partial charge is 0.474 e. The number of thioether (sulfide) groups is 1. The Hall–Kier alpha value is -1.21. The van der Waals surface area contributed by atoms with Gasteiger partial charge in [-0.2, -0.15) is 4.98 Å². The second kappa shape index (κ2) is 7.57. The Labute approximate surface area is 145 Å². The average Bonchev–Trinajstić information content (AvgIpc) is 2.45. The zero-order valence-electron chi connectivity index (χ0n) is 13.8. The lowest BCUT2D eigenvalue weighted by Gasteiger charge is -2.33. The van der Waals surface area contributed by atoms with Gasteiger partial charge in [0.05, 0.1) is 0 Å². The minimum absolute atomic E-state index is 0.00867. The standard InChI is InChI=1S/C15H22ClN3O3S/c1-15(2,3)22-14(20)19-7-5-10(6-8-19)21-12-9-11(16)17-13(18-12)23-4/h9-10H,5-8H2,1-4H3. The molecule has 2 heterocycles. The molecule has 0 bridgehead atoms. The molecule has 1 saturated heterocycles. The topological polar surface area (TPSA) is 64.5 Å². The smallest absolute Gasteiger partial charge is 0.410 e. The van der Waals surface area contributed by atoms with E-state index in [9.17, 15) is 4.79 Å². The summed E-state index contributed by atoms with van der Waals surface area (Å²) in [4.78, 5) is 22.1. The molecule has 6 nitrogen and oxygen atoms in total. The first-order chi connectivity index (χ1) is 10.8. The summed E-state index contributed by atoms with van der Waals surface area (Å²) in [6, 6.07) is 1.61. The summed E-state index contributed by atoms with van der Waals surface area (Å²) in [5.74, 6) is 0.477. The number of carbonyl (C=O) groups is 1. The molecule has 0 N–H and O–H groups in total. The summed E-state index contributed by atoms with van der Waals surface area (Å²) >= 11 is 7.37. The highest BCUT2D eigenvalue weighted by molar-refractivity contribution is 7.98. The Morgan fingerprint density at radius 2 is 2.00 bits per heavy atom. The van der Waals surface area contributed by atoms with E-state index in [0.717, 1.165) is 12.8 Å². The Bertz CT molecular complexity index is 557. The van der Waals surface area contributed by atoms with Crippen molar-refractivity contribution in [1.82, 2.24) is 14.9 Å². The Morgan fingerprint density at radius 3 is 2.57 bits per heavy atom. The van der Waals surface area contributed by atoms with Crippen LogP contribution in [0.1, 0.15) is 33.6 Å². The first kappa shape index (κ1) is 18.1. The van der Waals surface area contributed by atoms with Crippen molar-refractivity contribution in [2.75, 3.05) is 19.3 Å². The van der Waals surface area contributed by atoms with E-state index in [0.29, 0.717) is 29.3 Å². The van der Waals surface area contributed by atoms with Crippen molar-refractivity contribution in [1.29, 1.82) is 0 Å². The minimum atomic E-state index is -0.476. The van der Waals surface area contributed by atoms with Gasteiger partial charge in [0, 0.05) is 32.0 Å². The maximum absolute atomic E-state index is 12.0. The Kier molecular flexibility index (Phi) is 5.97. The zero-order chi connectivity index (χ0) is 17.0. The minimum Gasteiger partial charge on any atom is -0.474 e. The van der Waals surface area contributed by atoms with Crippen LogP contribution in [0, 0.1) is 0 Å². The van der Waals surface area contributed by atoms with Gasteiger partial charge in [0.25, 0.3) is 0 Å². The van der Waals surface area contributed by atoms with Crippen LogP contribution in [0.25, 0.3) is 0 Å². The highest BCUT2D eigenvalue weighted by Crippen LogP contribution is 2.23. The number of halogens is 1. The van der Waals surface area contributed by atoms with E-state index in [4.69, 9.17) is 21.1 Å². The number of carbonyl (C=O) groups excluding carboxylic acids is 1. The van der Waals surface area contributed by atoms with Gasteiger partial charge in [-0.25, -0.2) is 9.78 Å². The molecule has 128 valence electrons. The summed E-state index contributed by atoms with van der Waals surface area (Å²) in [7, 11) is 0. The van der Waals surface area contributed by atoms with Crippen molar-refractivity contribution < 1.29 is 14.3 Å². The van der Waals surface area contributed by atoms with Gasteiger partial charge in [0.1, 0.15) is 16.9 Å². The van der Waals surface area contributed by atoms with Crippen molar-refractivity contribution in [3.63, 3.8) is 0 Å². The van der Waals surface area contributed by atoms with Crippen molar-refractivity contribution in [2.45, 2.75) is 50.5 Å². The number of aromatic nitrogens is 2. The van der Waals surface area contributed by atoms with Crippen LogP contribution in [-0.4, -0.2) is 52.0 Å². The Morgan fingerprint density at radius 1 is 1.35 bits per heavy atom. The monoisotopic (exact) mass is 359 g/mol. The van der Waals surface area contributed by atoms with Gasteiger partial charge in [0.15, 0.2) is 5.16 Å². The number of likely N-dealkylation sites (tertiary alicyclic amines) is 1. The van der Waals surface area contributed by atoms with Crippen LogP contribution in [0.15, 0.2) is 11.2 Å². The molecular weight excluding hydrogens is 338 g/mol. The molecule has 0 unspecified atom stereocenters. The molecule has 1 fully saturated rings. The molecule has 0 aliphatic carbocycles. The molecule has 1 aromatic rings. The van der Waals surface area contributed by atoms with E-state index in [1.165, 1.54) is 11.8 Å². The number of ether oxygens (including phenoxy) is 2. The maximum Gasteiger partial charge on any atom is 0.410 e. The third-order valence-electron chi connectivity index (χ3n) is 3.21. The van der Waals surface area contributed by atoms with Crippen LogP contribution in [0.3, 0.4) is 0 Å². The first-order valence-corrected chi connectivity index (χ1v) is 9.10. The lowest BCUT2D eigenvalue weighted by Crippen LogP contribution is -2.44. The molecule has 0 spiro atoms. The van der Waals surface area contributed by atoms with Gasteiger partial charge in [-0.3, -0.25) is 0 Å². The summed E-state index contributed by atoms with van der Waals surface area (Å²) in [6.07, 6.45) is 3.08. The molecule has 8 heteroatoms. The quantitative estimate of drug-likeness (QED) is 0.466. The molecule has 2 rings (SSSR count). The van der Waals surface area contributed by atoms with Gasteiger partial charge < -0.3 is 14.4 Å². The maximum atomic E-state index is 12.0. The number of piperidine rings is 1. The molecule has 1 aliphatic heterocycles. The van der Waals surface area contributed by atoms with Crippen LogP contribution in [-0.2, 0) is 4.74 Å². The van der Waals surface area contributed by atoms with Crippen molar-refractivity contribution in [3.05, 3.63) is 11.2 Å². The van der Waals surface area contributed by atoms with Crippen LogP contribution < -0.4 is 4.74 Å². The van der Waals surface area contributed by atoms with E-state index in [-0.39, 0.29) is 12.2 Å². The summed E-state index contributed by atoms with van der Waals surface area (Å²) < 4.78 is 11.3. The normalized spacial score (nSPS) is 16.3. The highest BCUT2D eigenvalue weighted by Gasteiger charge is 2.27. The predicted molar refractivity (Wildman–Crippen MR) is 90.3 cm³/mol. The lowest BCUT2D eigenvalue weighted by atomic mass is 10.1. The predicted octanol–water partition coefficient (Wildman–Crippen LogP) is 3.63. The number of hydrogen-bond donors (Lipinski definition) is 0. The number of amides is 1. The molecule has 23 heavy (non-hydrogen) atoms. The van der Waals surface area contributed by atoms with E-state index in [1.807, 2.05) is 27.0 Å². The van der Waals surface area contributed by atoms with Crippen LogP contribution in [0.2, 0.25) is 5.15 Å². The first-order valence-electron chi connectivity index (χ1n) is 7.50. The van der Waals surface area contributed by atoms with Crippen molar-refractivity contribution >= 4 is 29.5 Å². The molecule has 0 radical (unpaired) electrons. The van der Waals surface area contributed by atoms with Crippen LogP contribution in [0.5, 0.6) is 5.88 Å². The fourth-order valence-corrected chi connectivity index (χ4v) is 2.78. The third kappa shape index (κ3) is 5.73. The van der Waals surface area contributed by atoms with Gasteiger partial charge >= 0.3 is 6.09 Å². The summed E-state index contributed by atoms with van der Waals surface area (Å²) in [5, 5.41) is 0.948.